The Kier molecular flexibility index (Phi) is 4.04. The molecule has 0 radical (unpaired) electrons. The molecule has 1 atom stereocenters. The molecule has 1 unspecified atom stereocenters. The number of benzene rings is 1. The molecule has 0 fully saturated rings. The zero-order valence-corrected chi connectivity index (χ0v) is 11.2. The number of hydrogen-bond donors (Lipinski definition) is 1. The van der Waals surface area contributed by atoms with E-state index < -0.39 is 0 Å². The molecule has 1 N–H and O–H groups in total. The molecule has 4 heteroatoms. The maximum Gasteiger partial charge on any atom is 0.145 e. The van der Waals surface area contributed by atoms with Gasteiger partial charge in [-0.2, -0.15) is 0 Å². The van der Waals surface area contributed by atoms with Gasteiger partial charge >= 0.3 is 0 Å². The number of rotatable bonds is 5. The fraction of sp³-hybridized carbons (Fsp3) is 0.250. The second-order valence-corrected chi connectivity index (χ2v) is 4.80. The first-order valence-corrected chi connectivity index (χ1v) is 6.80. The summed E-state index contributed by atoms with van der Waals surface area (Å²) in [5.41, 5.74) is 3.10. The normalized spacial score (nSPS) is 17.6. The summed E-state index contributed by atoms with van der Waals surface area (Å²) in [5, 5.41) is 7.52. The molecule has 3 rings (SSSR count). The molecule has 102 valence electrons. The van der Waals surface area contributed by atoms with Gasteiger partial charge in [0, 0.05) is 25.7 Å². The summed E-state index contributed by atoms with van der Waals surface area (Å²) >= 11 is 0. The van der Waals surface area contributed by atoms with Gasteiger partial charge in [0.05, 0.1) is 5.69 Å². The molecule has 1 aliphatic rings. The van der Waals surface area contributed by atoms with Crippen LogP contribution in [0.2, 0.25) is 0 Å². The SMILES string of the molecule is c1ccc(CNCC2CC(c3ccccn3)=NO2)cc1. The maximum absolute atomic E-state index is 5.44. The van der Waals surface area contributed by atoms with Crippen molar-refractivity contribution in [3.05, 3.63) is 66.0 Å². The lowest BCUT2D eigenvalue weighted by molar-refractivity contribution is 0.0848. The highest BCUT2D eigenvalue weighted by atomic mass is 16.6. The van der Waals surface area contributed by atoms with Crippen LogP contribution in [0.4, 0.5) is 0 Å². The summed E-state index contributed by atoms with van der Waals surface area (Å²) in [6.45, 7) is 1.63. The first kappa shape index (κ1) is 12.8. The van der Waals surface area contributed by atoms with Crippen molar-refractivity contribution in [1.82, 2.24) is 10.3 Å². The van der Waals surface area contributed by atoms with E-state index in [9.17, 15) is 0 Å². The van der Waals surface area contributed by atoms with Crippen LogP contribution in [0.5, 0.6) is 0 Å². The summed E-state index contributed by atoms with van der Waals surface area (Å²) in [4.78, 5) is 9.74. The number of nitrogens with zero attached hydrogens (tertiary/aromatic N) is 2. The second kappa shape index (κ2) is 6.30. The molecule has 4 nitrogen and oxygen atoms in total. The minimum atomic E-state index is 0.0933. The average molecular weight is 267 g/mol. The average Bonchev–Trinajstić information content (AvgIpc) is 2.98. The van der Waals surface area contributed by atoms with Crippen LogP contribution >= 0.6 is 0 Å². The van der Waals surface area contributed by atoms with E-state index in [0.717, 1.165) is 30.9 Å². The zero-order valence-electron chi connectivity index (χ0n) is 11.2. The van der Waals surface area contributed by atoms with Crippen molar-refractivity contribution in [3.63, 3.8) is 0 Å². The molecule has 0 saturated carbocycles. The highest BCUT2D eigenvalue weighted by Gasteiger charge is 2.22. The molecule has 0 aliphatic carbocycles. The third-order valence-electron chi connectivity index (χ3n) is 3.24. The number of pyridine rings is 1. The summed E-state index contributed by atoms with van der Waals surface area (Å²) in [7, 11) is 0. The van der Waals surface area contributed by atoms with E-state index in [1.807, 2.05) is 36.4 Å². The molecule has 0 amide bonds. The van der Waals surface area contributed by atoms with Crippen molar-refractivity contribution in [2.24, 2.45) is 5.16 Å². The largest absolute Gasteiger partial charge is 0.390 e. The Labute approximate surface area is 118 Å². The molecular formula is C16H17N3O. The van der Waals surface area contributed by atoms with Crippen LogP contribution in [0, 0.1) is 0 Å². The van der Waals surface area contributed by atoms with Crippen molar-refractivity contribution in [2.45, 2.75) is 19.1 Å². The Morgan fingerprint density at radius 2 is 1.95 bits per heavy atom. The lowest BCUT2D eigenvalue weighted by Gasteiger charge is -2.09. The van der Waals surface area contributed by atoms with Crippen LogP contribution in [0.25, 0.3) is 0 Å². The van der Waals surface area contributed by atoms with E-state index >= 15 is 0 Å². The van der Waals surface area contributed by atoms with E-state index in [4.69, 9.17) is 4.84 Å². The van der Waals surface area contributed by atoms with Crippen molar-refractivity contribution < 1.29 is 4.84 Å². The van der Waals surface area contributed by atoms with E-state index in [2.05, 4.69) is 27.6 Å². The molecular weight excluding hydrogens is 250 g/mol. The Balaban J connectivity index is 1.46. The van der Waals surface area contributed by atoms with Crippen LogP contribution in [-0.2, 0) is 11.4 Å². The summed E-state index contributed by atoms with van der Waals surface area (Å²) in [6.07, 6.45) is 2.67. The highest BCUT2D eigenvalue weighted by molar-refractivity contribution is 5.99. The second-order valence-electron chi connectivity index (χ2n) is 4.80. The van der Waals surface area contributed by atoms with Crippen LogP contribution in [0.3, 0.4) is 0 Å². The smallest absolute Gasteiger partial charge is 0.145 e. The first-order chi connectivity index (χ1) is 9.92. The third-order valence-corrected chi connectivity index (χ3v) is 3.24. The molecule has 1 aromatic heterocycles. The van der Waals surface area contributed by atoms with E-state index in [1.165, 1.54) is 5.56 Å². The van der Waals surface area contributed by atoms with Gasteiger partial charge in [-0.15, -0.1) is 0 Å². The van der Waals surface area contributed by atoms with Gasteiger partial charge in [0.1, 0.15) is 11.8 Å². The number of hydrogen-bond acceptors (Lipinski definition) is 4. The lowest BCUT2D eigenvalue weighted by Crippen LogP contribution is -2.26. The summed E-state index contributed by atoms with van der Waals surface area (Å²) in [5.74, 6) is 0. The van der Waals surface area contributed by atoms with E-state index in [-0.39, 0.29) is 6.10 Å². The summed E-state index contributed by atoms with van der Waals surface area (Å²) in [6, 6.07) is 16.2. The molecule has 1 aliphatic heterocycles. The Morgan fingerprint density at radius 1 is 1.10 bits per heavy atom. The van der Waals surface area contributed by atoms with Gasteiger partial charge in [-0.3, -0.25) is 4.98 Å². The minimum Gasteiger partial charge on any atom is -0.390 e. The Hall–Kier alpha value is -2.20. The van der Waals surface area contributed by atoms with Gasteiger partial charge in [0.25, 0.3) is 0 Å². The minimum absolute atomic E-state index is 0.0933. The fourth-order valence-electron chi connectivity index (χ4n) is 2.20. The standard InChI is InChI=1S/C16H17N3O/c1-2-6-13(7-3-1)11-17-12-14-10-16(19-20-14)15-8-4-5-9-18-15/h1-9,14,17H,10-12H2. The predicted molar refractivity (Wildman–Crippen MR) is 78.4 cm³/mol. The molecule has 0 spiro atoms. The summed E-state index contributed by atoms with van der Waals surface area (Å²) < 4.78 is 0. The quantitative estimate of drug-likeness (QED) is 0.904. The fourth-order valence-corrected chi connectivity index (χ4v) is 2.20. The van der Waals surface area contributed by atoms with Crippen molar-refractivity contribution in [3.8, 4) is 0 Å². The number of oxime groups is 1. The molecule has 20 heavy (non-hydrogen) atoms. The van der Waals surface area contributed by atoms with E-state index in [1.54, 1.807) is 6.20 Å². The van der Waals surface area contributed by atoms with Gasteiger partial charge < -0.3 is 10.2 Å². The van der Waals surface area contributed by atoms with Crippen molar-refractivity contribution >= 4 is 5.71 Å². The molecule has 2 heterocycles. The van der Waals surface area contributed by atoms with Crippen LogP contribution in [0.15, 0.2) is 59.9 Å². The first-order valence-electron chi connectivity index (χ1n) is 6.80. The van der Waals surface area contributed by atoms with Crippen molar-refractivity contribution in [2.75, 3.05) is 6.54 Å². The van der Waals surface area contributed by atoms with Crippen LogP contribution in [0.1, 0.15) is 17.7 Å². The predicted octanol–water partition coefficient (Wildman–Crippen LogP) is 2.36. The number of nitrogens with one attached hydrogen (secondary N) is 1. The van der Waals surface area contributed by atoms with Crippen molar-refractivity contribution in [1.29, 1.82) is 0 Å². The molecule has 0 bridgehead atoms. The van der Waals surface area contributed by atoms with Gasteiger partial charge in [-0.25, -0.2) is 0 Å². The molecule has 2 aromatic rings. The molecule has 1 aromatic carbocycles. The maximum atomic E-state index is 5.44. The number of aromatic nitrogens is 1. The van der Waals surface area contributed by atoms with Gasteiger partial charge in [0.15, 0.2) is 0 Å². The van der Waals surface area contributed by atoms with E-state index in [0.29, 0.717) is 0 Å². The topological polar surface area (TPSA) is 46.5 Å². The highest BCUT2D eigenvalue weighted by Crippen LogP contribution is 2.14. The van der Waals surface area contributed by atoms with Gasteiger partial charge in [-0.05, 0) is 17.7 Å². The van der Waals surface area contributed by atoms with Gasteiger partial charge in [0.2, 0.25) is 0 Å². The lowest BCUT2D eigenvalue weighted by atomic mass is 10.1. The monoisotopic (exact) mass is 267 g/mol. The van der Waals surface area contributed by atoms with Crippen LogP contribution in [-0.4, -0.2) is 23.3 Å². The zero-order chi connectivity index (χ0) is 13.6. The Bertz CT molecular complexity index is 569. The van der Waals surface area contributed by atoms with Gasteiger partial charge in [-0.1, -0.05) is 41.6 Å². The molecule has 0 saturated heterocycles. The third kappa shape index (κ3) is 3.22. The van der Waals surface area contributed by atoms with Crippen LogP contribution < -0.4 is 5.32 Å². The Morgan fingerprint density at radius 3 is 2.75 bits per heavy atom.